The van der Waals surface area contributed by atoms with Crippen molar-refractivity contribution in [3.63, 3.8) is 0 Å². The number of nitrogens with one attached hydrogen (secondary N) is 2. The summed E-state index contributed by atoms with van der Waals surface area (Å²) in [6.45, 7) is 5.16. The van der Waals surface area contributed by atoms with Gasteiger partial charge in [0.15, 0.2) is 17.0 Å². The predicted molar refractivity (Wildman–Crippen MR) is 133 cm³/mol. The number of likely N-dealkylation sites (tertiary alicyclic amines) is 1. The molecule has 38 heavy (non-hydrogen) atoms. The number of alkyl halides is 2. The van der Waals surface area contributed by atoms with Crippen molar-refractivity contribution in [3.8, 4) is 5.69 Å². The molecule has 0 saturated carbocycles. The van der Waals surface area contributed by atoms with Crippen LogP contribution in [-0.4, -0.2) is 97.5 Å². The Morgan fingerprint density at radius 1 is 1.29 bits per heavy atom. The number of ether oxygens (including phenoxy) is 1. The van der Waals surface area contributed by atoms with Crippen molar-refractivity contribution in [3.05, 3.63) is 31.4 Å². The molecule has 15 heteroatoms. The average Bonchev–Trinajstić information content (AvgIpc) is 3.65. The first-order chi connectivity index (χ1) is 18.3. The van der Waals surface area contributed by atoms with Crippen molar-refractivity contribution in [1.29, 1.82) is 0 Å². The van der Waals surface area contributed by atoms with Gasteiger partial charge in [-0.25, -0.2) is 9.67 Å². The van der Waals surface area contributed by atoms with E-state index < -0.39 is 6.55 Å². The van der Waals surface area contributed by atoms with E-state index in [0.29, 0.717) is 72.6 Å². The molecule has 0 bridgehead atoms. The quantitative estimate of drug-likeness (QED) is 0.408. The smallest absolute Gasteiger partial charge is 0.333 e. The minimum Gasteiger partial charge on any atom is -0.378 e. The van der Waals surface area contributed by atoms with Crippen molar-refractivity contribution < 1.29 is 23.1 Å². The van der Waals surface area contributed by atoms with Gasteiger partial charge in [-0.3, -0.25) is 14.2 Å². The number of hydrogen-bond acceptors (Lipinski definition) is 9. The summed E-state index contributed by atoms with van der Waals surface area (Å²) in [6, 6.07) is -0.183. The maximum atomic E-state index is 13.1. The summed E-state index contributed by atoms with van der Waals surface area (Å²) in [5.41, 5.74) is 1.11. The number of amides is 2. The van der Waals surface area contributed by atoms with Gasteiger partial charge in [0.25, 0.3) is 0 Å². The van der Waals surface area contributed by atoms with Crippen molar-refractivity contribution in [1.82, 2.24) is 39.5 Å². The Kier molecular flexibility index (Phi) is 7.18. The molecule has 5 rings (SSSR count). The number of imidazole rings is 1. The monoisotopic (exact) mass is 530 g/mol. The molecule has 2 aliphatic rings. The average molecular weight is 531 g/mol. The maximum absolute atomic E-state index is 13.1. The van der Waals surface area contributed by atoms with Crippen LogP contribution in [-0.2, 0) is 14.3 Å². The van der Waals surface area contributed by atoms with E-state index >= 15 is 0 Å². The minimum atomic E-state index is -2.78. The van der Waals surface area contributed by atoms with Gasteiger partial charge in [0.1, 0.15) is 6.33 Å². The van der Waals surface area contributed by atoms with Gasteiger partial charge in [0, 0.05) is 31.7 Å². The summed E-state index contributed by atoms with van der Waals surface area (Å²) in [6.07, 6.45) is 5.86. The Morgan fingerprint density at radius 3 is 2.79 bits per heavy atom. The van der Waals surface area contributed by atoms with Crippen LogP contribution in [0.3, 0.4) is 0 Å². The highest BCUT2D eigenvalue weighted by Crippen LogP contribution is 2.26. The van der Waals surface area contributed by atoms with Gasteiger partial charge < -0.3 is 25.2 Å². The summed E-state index contributed by atoms with van der Waals surface area (Å²) < 4.78 is 33.7. The molecule has 0 aliphatic carbocycles. The number of hydrogen-bond donors (Lipinski definition) is 2. The fraction of sp³-hybridized carbons (Fsp3) is 0.478. The highest BCUT2D eigenvalue weighted by atomic mass is 19.3. The van der Waals surface area contributed by atoms with Crippen LogP contribution in [0.4, 0.5) is 20.5 Å². The van der Waals surface area contributed by atoms with E-state index in [1.807, 2.05) is 11.8 Å². The van der Waals surface area contributed by atoms with E-state index in [0.717, 1.165) is 0 Å². The van der Waals surface area contributed by atoms with Gasteiger partial charge in [0.2, 0.25) is 17.8 Å². The second-order valence-electron chi connectivity index (χ2n) is 9.11. The van der Waals surface area contributed by atoms with Gasteiger partial charge >= 0.3 is 6.55 Å². The standard InChI is InChI=1S/C23H28F2N10O3/c1-3-18(37)33-11-15(8-14(33)2)29-17(36)10-26-20-19-21(31-23(30-20)32-4-6-38-7-5-32)34(13-27-19)16-9-28-35(12-16)22(24)25/h3,9,12-15,22H,1,4-8,10-11H2,2H3,(H,29,36)(H,26,30,31)/t14-,15+/m1/s1. The van der Waals surface area contributed by atoms with Crippen LogP contribution in [0.15, 0.2) is 31.4 Å². The summed E-state index contributed by atoms with van der Waals surface area (Å²) in [4.78, 5) is 42.0. The van der Waals surface area contributed by atoms with Crippen LogP contribution in [0.5, 0.6) is 0 Å². The first kappa shape index (κ1) is 25.5. The van der Waals surface area contributed by atoms with Gasteiger partial charge in [-0.2, -0.15) is 23.8 Å². The summed E-state index contributed by atoms with van der Waals surface area (Å²) in [5, 5.41) is 9.70. The summed E-state index contributed by atoms with van der Waals surface area (Å²) in [7, 11) is 0. The van der Waals surface area contributed by atoms with Crippen molar-refractivity contribution in [2.45, 2.75) is 32.0 Å². The van der Waals surface area contributed by atoms with Gasteiger partial charge in [0.05, 0.1) is 37.8 Å². The van der Waals surface area contributed by atoms with Crippen molar-refractivity contribution in [2.24, 2.45) is 0 Å². The molecule has 2 atom stereocenters. The molecule has 13 nitrogen and oxygen atoms in total. The molecular weight excluding hydrogens is 502 g/mol. The van der Waals surface area contributed by atoms with Crippen LogP contribution < -0.4 is 15.5 Å². The van der Waals surface area contributed by atoms with E-state index in [2.05, 4.69) is 37.3 Å². The zero-order valence-corrected chi connectivity index (χ0v) is 20.8. The topological polar surface area (TPSA) is 135 Å². The molecule has 0 aromatic carbocycles. The van der Waals surface area contributed by atoms with Crippen LogP contribution >= 0.6 is 0 Å². The highest BCUT2D eigenvalue weighted by molar-refractivity contribution is 5.89. The minimum absolute atomic E-state index is 0.00489. The number of aromatic nitrogens is 6. The lowest BCUT2D eigenvalue weighted by Crippen LogP contribution is -2.41. The number of rotatable bonds is 8. The summed E-state index contributed by atoms with van der Waals surface area (Å²) in [5.74, 6) is 0.290. The summed E-state index contributed by atoms with van der Waals surface area (Å²) >= 11 is 0. The third kappa shape index (κ3) is 5.14. The van der Waals surface area contributed by atoms with E-state index in [-0.39, 0.29) is 30.4 Å². The first-order valence-electron chi connectivity index (χ1n) is 12.2. The molecule has 0 radical (unpaired) electrons. The van der Waals surface area contributed by atoms with E-state index in [1.54, 1.807) is 9.47 Å². The maximum Gasteiger partial charge on any atom is 0.333 e. The molecular formula is C23H28F2N10O3. The molecule has 2 fully saturated rings. The Morgan fingerprint density at radius 2 is 2.08 bits per heavy atom. The molecule has 0 unspecified atom stereocenters. The van der Waals surface area contributed by atoms with Gasteiger partial charge in [-0.15, -0.1) is 0 Å². The Labute approximate surface area is 216 Å². The normalized spacial score (nSPS) is 19.8. The van der Waals surface area contributed by atoms with E-state index in [1.165, 1.54) is 24.8 Å². The van der Waals surface area contributed by atoms with Crippen LogP contribution in [0.1, 0.15) is 19.9 Å². The molecule has 3 aromatic heterocycles. The number of carbonyl (C=O) groups excluding carboxylic acids is 2. The lowest BCUT2D eigenvalue weighted by molar-refractivity contribution is -0.127. The second kappa shape index (κ2) is 10.7. The van der Waals surface area contributed by atoms with Crippen molar-refractivity contribution >= 4 is 34.7 Å². The SMILES string of the molecule is C=CC(=O)N1C[C@@H](NC(=O)CNc2nc(N3CCOCC3)nc3c2ncn3-c2cnn(C(F)F)c2)C[C@H]1C. The number of halogens is 2. The number of nitrogens with zero attached hydrogens (tertiary/aromatic N) is 8. The fourth-order valence-electron chi connectivity index (χ4n) is 4.67. The third-order valence-electron chi connectivity index (χ3n) is 6.56. The number of carbonyl (C=O) groups is 2. The molecule has 2 aliphatic heterocycles. The van der Waals surface area contributed by atoms with Gasteiger partial charge in [-0.05, 0) is 19.4 Å². The Bertz CT molecular complexity index is 1340. The Hall–Kier alpha value is -4.14. The van der Waals surface area contributed by atoms with Gasteiger partial charge in [-0.1, -0.05) is 6.58 Å². The molecule has 3 aromatic rings. The first-order valence-corrected chi connectivity index (χ1v) is 12.2. The molecule has 202 valence electrons. The van der Waals surface area contributed by atoms with Crippen LogP contribution in [0.25, 0.3) is 16.9 Å². The third-order valence-corrected chi connectivity index (χ3v) is 6.56. The van der Waals surface area contributed by atoms with Crippen LogP contribution in [0.2, 0.25) is 0 Å². The molecule has 0 spiro atoms. The highest BCUT2D eigenvalue weighted by Gasteiger charge is 2.32. The Balaban J connectivity index is 1.37. The second-order valence-corrected chi connectivity index (χ2v) is 9.11. The number of anilines is 2. The van der Waals surface area contributed by atoms with E-state index in [4.69, 9.17) is 4.74 Å². The molecule has 2 amide bonds. The molecule has 2 saturated heterocycles. The zero-order valence-electron chi connectivity index (χ0n) is 20.8. The lowest BCUT2D eigenvalue weighted by Gasteiger charge is -2.27. The zero-order chi connectivity index (χ0) is 26.8. The number of fused-ring (bicyclic) bond motifs is 1. The fourth-order valence-corrected chi connectivity index (χ4v) is 4.67. The molecule has 2 N–H and O–H groups in total. The molecule has 5 heterocycles. The number of morpholine rings is 1. The van der Waals surface area contributed by atoms with Crippen LogP contribution in [0, 0.1) is 0 Å². The van der Waals surface area contributed by atoms with Crippen molar-refractivity contribution in [2.75, 3.05) is 49.6 Å². The largest absolute Gasteiger partial charge is 0.378 e. The lowest BCUT2D eigenvalue weighted by atomic mass is 10.2. The predicted octanol–water partition coefficient (Wildman–Crippen LogP) is 0.947. The van der Waals surface area contributed by atoms with E-state index in [9.17, 15) is 18.4 Å².